The van der Waals surface area contributed by atoms with Crippen LogP contribution in [0.15, 0.2) is 47.4 Å². The molecule has 164 valence electrons. The van der Waals surface area contributed by atoms with Gasteiger partial charge in [-0.15, -0.1) is 0 Å². The standard InChI is InChI=1S/C22H30FN3O3S/c1-15(2)22(27)24-19-9-12-21(25(5)6)17(13-19)14-26(16(3)4)30(28,29)20-10-7-18(23)8-11-20/h7-13,15-16H,14H2,1-6H3,(H,24,27). The molecule has 30 heavy (non-hydrogen) atoms. The van der Waals surface area contributed by atoms with Crippen LogP contribution in [0.4, 0.5) is 15.8 Å². The normalized spacial score (nSPS) is 11.9. The van der Waals surface area contributed by atoms with E-state index in [1.54, 1.807) is 39.8 Å². The van der Waals surface area contributed by atoms with E-state index >= 15 is 0 Å². The van der Waals surface area contributed by atoms with Gasteiger partial charge in [-0.1, -0.05) is 13.8 Å². The number of rotatable bonds is 8. The zero-order valence-electron chi connectivity index (χ0n) is 18.3. The molecule has 0 spiro atoms. The lowest BCUT2D eigenvalue weighted by Gasteiger charge is -2.28. The number of anilines is 2. The van der Waals surface area contributed by atoms with E-state index in [2.05, 4.69) is 5.32 Å². The third-order valence-corrected chi connectivity index (χ3v) is 6.71. The van der Waals surface area contributed by atoms with Gasteiger partial charge in [0.1, 0.15) is 5.82 Å². The van der Waals surface area contributed by atoms with E-state index in [1.165, 1.54) is 16.4 Å². The summed E-state index contributed by atoms with van der Waals surface area (Å²) in [5.41, 5.74) is 2.20. The molecule has 0 saturated carbocycles. The molecule has 0 aromatic heterocycles. The van der Waals surface area contributed by atoms with E-state index in [4.69, 9.17) is 0 Å². The van der Waals surface area contributed by atoms with Crippen molar-refractivity contribution in [2.75, 3.05) is 24.3 Å². The fourth-order valence-corrected chi connectivity index (χ4v) is 4.58. The maximum Gasteiger partial charge on any atom is 0.243 e. The zero-order chi connectivity index (χ0) is 22.6. The molecule has 1 amide bonds. The first-order valence-electron chi connectivity index (χ1n) is 9.82. The Morgan fingerprint density at radius 1 is 1.03 bits per heavy atom. The van der Waals surface area contributed by atoms with Crippen molar-refractivity contribution < 1.29 is 17.6 Å². The molecule has 0 aliphatic heterocycles. The molecular formula is C22H30FN3O3S. The second kappa shape index (κ2) is 9.57. The van der Waals surface area contributed by atoms with Crippen molar-refractivity contribution in [2.45, 2.75) is 45.2 Å². The van der Waals surface area contributed by atoms with Gasteiger partial charge in [0.15, 0.2) is 0 Å². The van der Waals surface area contributed by atoms with Crippen LogP contribution in [0.3, 0.4) is 0 Å². The summed E-state index contributed by atoms with van der Waals surface area (Å²) in [5.74, 6) is -0.778. The smallest absolute Gasteiger partial charge is 0.243 e. The summed E-state index contributed by atoms with van der Waals surface area (Å²) in [7, 11) is -0.0975. The van der Waals surface area contributed by atoms with Gasteiger partial charge < -0.3 is 10.2 Å². The van der Waals surface area contributed by atoms with E-state index in [0.717, 1.165) is 23.4 Å². The molecule has 2 rings (SSSR count). The van der Waals surface area contributed by atoms with Crippen LogP contribution < -0.4 is 10.2 Å². The Balaban J connectivity index is 2.46. The number of amides is 1. The van der Waals surface area contributed by atoms with Crippen molar-refractivity contribution in [2.24, 2.45) is 5.92 Å². The summed E-state index contributed by atoms with van der Waals surface area (Å²) in [6.45, 7) is 7.30. The molecular weight excluding hydrogens is 405 g/mol. The van der Waals surface area contributed by atoms with Gasteiger partial charge >= 0.3 is 0 Å². The van der Waals surface area contributed by atoms with Crippen LogP contribution >= 0.6 is 0 Å². The molecule has 6 nitrogen and oxygen atoms in total. The monoisotopic (exact) mass is 435 g/mol. The minimum absolute atomic E-state index is 0.0354. The predicted octanol–water partition coefficient (Wildman–Crippen LogP) is 4.09. The van der Waals surface area contributed by atoms with Crippen molar-refractivity contribution >= 4 is 27.3 Å². The average molecular weight is 436 g/mol. The van der Waals surface area contributed by atoms with Crippen molar-refractivity contribution in [3.63, 3.8) is 0 Å². The Bertz CT molecular complexity index is 987. The fourth-order valence-electron chi connectivity index (χ4n) is 2.97. The molecule has 0 heterocycles. The first-order chi connectivity index (χ1) is 13.9. The summed E-state index contributed by atoms with van der Waals surface area (Å²) in [6.07, 6.45) is 0. The second-order valence-electron chi connectivity index (χ2n) is 7.98. The van der Waals surface area contributed by atoms with Gasteiger partial charge in [-0.3, -0.25) is 4.79 Å². The summed E-state index contributed by atoms with van der Waals surface area (Å²) in [6, 6.07) is 9.94. The molecule has 2 aromatic carbocycles. The van der Waals surface area contributed by atoms with Crippen LogP contribution in [0.25, 0.3) is 0 Å². The SMILES string of the molecule is CC(C)C(=O)Nc1ccc(N(C)C)c(CN(C(C)C)S(=O)(=O)c2ccc(F)cc2)c1. The van der Waals surface area contributed by atoms with E-state index in [-0.39, 0.29) is 29.3 Å². The number of nitrogens with one attached hydrogen (secondary N) is 1. The quantitative estimate of drug-likeness (QED) is 0.678. The molecule has 2 aromatic rings. The topological polar surface area (TPSA) is 69.7 Å². The maximum absolute atomic E-state index is 13.3. The van der Waals surface area contributed by atoms with Gasteiger partial charge in [-0.2, -0.15) is 4.31 Å². The number of hydrogen-bond donors (Lipinski definition) is 1. The van der Waals surface area contributed by atoms with E-state index in [9.17, 15) is 17.6 Å². The van der Waals surface area contributed by atoms with Crippen molar-refractivity contribution in [1.82, 2.24) is 4.31 Å². The van der Waals surface area contributed by atoms with E-state index in [0.29, 0.717) is 5.69 Å². The largest absolute Gasteiger partial charge is 0.377 e. The maximum atomic E-state index is 13.3. The highest BCUT2D eigenvalue weighted by Gasteiger charge is 2.28. The van der Waals surface area contributed by atoms with E-state index < -0.39 is 15.8 Å². The number of sulfonamides is 1. The zero-order valence-corrected chi connectivity index (χ0v) is 19.1. The number of carbonyl (C=O) groups excluding carboxylic acids is 1. The van der Waals surface area contributed by atoms with Gasteiger partial charge in [-0.25, -0.2) is 12.8 Å². The lowest BCUT2D eigenvalue weighted by molar-refractivity contribution is -0.118. The molecule has 0 atom stereocenters. The van der Waals surface area contributed by atoms with Crippen LogP contribution in [0.2, 0.25) is 0 Å². The van der Waals surface area contributed by atoms with Crippen molar-refractivity contribution in [1.29, 1.82) is 0 Å². The van der Waals surface area contributed by atoms with Crippen LogP contribution in [-0.4, -0.2) is 38.8 Å². The first-order valence-corrected chi connectivity index (χ1v) is 11.3. The Hall–Kier alpha value is -2.45. The van der Waals surface area contributed by atoms with Gasteiger partial charge in [0.05, 0.1) is 4.90 Å². The van der Waals surface area contributed by atoms with Crippen LogP contribution in [0, 0.1) is 11.7 Å². The Morgan fingerprint density at radius 3 is 2.13 bits per heavy atom. The third kappa shape index (κ3) is 5.58. The number of carbonyl (C=O) groups is 1. The van der Waals surface area contributed by atoms with Crippen LogP contribution in [0.1, 0.15) is 33.3 Å². The Kier molecular flexibility index (Phi) is 7.60. The molecule has 0 unspecified atom stereocenters. The third-order valence-electron chi connectivity index (χ3n) is 4.68. The second-order valence-corrected chi connectivity index (χ2v) is 9.87. The molecule has 0 radical (unpaired) electrons. The molecule has 1 N–H and O–H groups in total. The highest BCUT2D eigenvalue weighted by Crippen LogP contribution is 2.28. The highest BCUT2D eigenvalue weighted by molar-refractivity contribution is 7.89. The van der Waals surface area contributed by atoms with Crippen molar-refractivity contribution in [3.05, 3.63) is 53.8 Å². The molecule has 0 aliphatic rings. The summed E-state index contributed by atoms with van der Waals surface area (Å²) in [5, 5.41) is 2.86. The number of nitrogens with zero attached hydrogens (tertiary/aromatic N) is 2. The minimum atomic E-state index is -3.85. The summed E-state index contributed by atoms with van der Waals surface area (Å²) >= 11 is 0. The molecule has 0 aliphatic carbocycles. The number of halogens is 1. The average Bonchev–Trinajstić information content (AvgIpc) is 2.65. The summed E-state index contributed by atoms with van der Waals surface area (Å²) < 4.78 is 41.1. The Labute approximate surface area is 178 Å². The molecule has 0 bridgehead atoms. The summed E-state index contributed by atoms with van der Waals surface area (Å²) in [4.78, 5) is 14.0. The van der Waals surface area contributed by atoms with Crippen LogP contribution in [0.5, 0.6) is 0 Å². The highest BCUT2D eigenvalue weighted by atomic mass is 32.2. The number of hydrogen-bond acceptors (Lipinski definition) is 4. The number of benzene rings is 2. The molecule has 0 fully saturated rings. The van der Waals surface area contributed by atoms with Gasteiger partial charge in [0, 0.05) is 44.0 Å². The fraction of sp³-hybridized carbons (Fsp3) is 0.409. The lowest BCUT2D eigenvalue weighted by Crippen LogP contribution is -2.36. The van der Waals surface area contributed by atoms with Crippen LogP contribution in [-0.2, 0) is 21.4 Å². The van der Waals surface area contributed by atoms with Gasteiger partial charge in [-0.05, 0) is 61.9 Å². The predicted molar refractivity (Wildman–Crippen MR) is 119 cm³/mol. The molecule has 0 saturated heterocycles. The minimum Gasteiger partial charge on any atom is -0.377 e. The van der Waals surface area contributed by atoms with E-state index in [1.807, 2.05) is 25.1 Å². The van der Waals surface area contributed by atoms with Gasteiger partial charge in [0.25, 0.3) is 0 Å². The Morgan fingerprint density at radius 2 is 1.63 bits per heavy atom. The van der Waals surface area contributed by atoms with Gasteiger partial charge in [0.2, 0.25) is 15.9 Å². The van der Waals surface area contributed by atoms with Crippen molar-refractivity contribution in [3.8, 4) is 0 Å². The molecule has 8 heteroatoms. The lowest BCUT2D eigenvalue weighted by atomic mass is 10.1. The first kappa shape index (κ1) is 23.8.